The number of hydrogen-bond donors (Lipinski definition) is 1. The molecule has 0 amide bonds. The number of nitrogens with one attached hydrogen (secondary N) is 1. The van der Waals surface area contributed by atoms with Gasteiger partial charge in [-0.15, -0.1) is 0 Å². The summed E-state index contributed by atoms with van der Waals surface area (Å²) in [6.45, 7) is 7.91. The molecular formula is C11H24N2O2S2. The molecule has 0 aromatic carbocycles. The fourth-order valence-corrected chi connectivity index (χ4v) is 4.85. The summed E-state index contributed by atoms with van der Waals surface area (Å²) >= 11 is 1.74. The molecule has 4 nitrogen and oxygen atoms in total. The lowest BCUT2D eigenvalue weighted by molar-refractivity contribution is 0.268. The molecule has 0 saturated carbocycles. The van der Waals surface area contributed by atoms with Crippen molar-refractivity contribution >= 4 is 21.6 Å². The first-order valence-corrected chi connectivity index (χ1v) is 9.23. The van der Waals surface area contributed by atoms with Crippen molar-refractivity contribution in [3.05, 3.63) is 0 Å². The van der Waals surface area contributed by atoms with Gasteiger partial charge in [0.05, 0.1) is 0 Å². The average Bonchev–Trinajstić information content (AvgIpc) is 2.23. The average molecular weight is 280 g/mol. The van der Waals surface area contributed by atoms with Gasteiger partial charge in [-0.2, -0.15) is 11.8 Å². The van der Waals surface area contributed by atoms with Crippen molar-refractivity contribution in [2.24, 2.45) is 5.92 Å². The molecule has 17 heavy (non-hydrogen) atoms. The van der Waals surface area contributed by atoms with Crippen molar-refractivity contribution in [1.82, 2.24) is 10.2 Å². The highest BCUT2D eigenvalue weighted by molar-refractivity contribution is 8.00. The maximum atomic E-state index is 11.7. The predicted octanol–water partition coefficient (Wildman–Crippen LogP) is 0.652. The van der Waals surface area contributed by atoms with Gasteiger partial charge in [-0.05, 0) is 12.5 Å². The molecule has 1 rings (SSSR count). The first-order valence-electron chi connectivity index (χ1n) is 6.12. The molecule has 1 aliphatic heterocycles. The van der Waals surface area contributed by atoms with Gasteiger partial charge in [0.1, 0.15) is 5.37 Å². The quantitative estimate of drug-likeness (QED) is 0.724. The third kappa shape index (κ3) is 5.59. The minimum atomic E-state index is -2.95. The van der Waals surface area contributed by atoms with Crippen molar-refractivity contribution in [2.75, 3.05) is 43.9 Å². The van der Waals surface area contributed by atoms with Crippen LogP contribution in [-0.2, 0) is 9.84 Å². The summed E-state index contributed by atoms with van der Waals surface area (Å²) in [6.07, 6.45) is 1.35. The molecule has 1 saturated heterocycles. The Morgan fingerprint density at radius 3 is 2.76 bits per heavy atom. The second kappa shape index (κ2) is 6.97. The van der Waals surface area contributed by atoms with E-state index >= 15 is 0 Å². The number of thioether (sulfide) groups is 1. The Balaban J connectivity index is 2.38. The summed E-state index contributed by atoms with van der Waals surface area (Å²) in [6, 6.07) is 0. The molecule has 6 heteroatoms. The van der Waals surface area contributed by atoms with Crippen LogP contribution in [0, 0.1) is 5.92 Å². The lowest BCUT2D eigenvalue weighted by atomic mass is 10.2. The van der Waals surface area contributed by atoms with E-state index in [1.807, 2.05) is 0 Å². The SMILES string of the molecule is CC(C)CNCCN1CCSCC1S(C)(=O)=O. The molecule has 1 atom stereocenters. The van der Waals surface area contributed by atoms with Crippen molar-refractivity contribution in [3.63, 3.8) is 0 Å². The summed E-state index contributed by atoms with van der Waals surface area (Å²) in [4.78, 5) is 2.10. The lowest BCUT2D eigenvalue weighted by Crippen LogP contribution is -2.49. The van der Waals surface area contributed by atoms with E-state index in [0.717, 1.165) is 31.9 Å². The number of sulfone groups is 1. The highest BCUT2D eigenvalue weighted by atomic mass is 32.2. The fourth-order valence-electron chi connectivity index (χ4n) is 1.88. The lowest BCUT2D eigenvalue weighted by Gasteiger charge is -2.34. The second-order valence-electron chi connectivity index (χ2n) is 4.99. The van der Waals surface area contributed by atoms with Crippen molar-refractivity contribution in [3.8, 4) is 0 Å². The van der Waals surface area contributed by atoms with Crippen LogP contribution in [0.25, 0.3) is 0 Å². The van der Waals surface area contributed by atoms with E-state index in [2.05, 4.69) is 24.1 Å². The second-order valence-corrected chi connectivity index (χ2v) is 8.35. The maximum absolute atomic E-state index is 11.7. The summed E-state index contributed by atoms with van der Waals surface area (Å²) in [5, 5.41) is 3.07. The Labute approximate surface area is 109 Å². The van der Waals surface area contributed by atoms with Crippen molar-refractivity contribution in [2.45, 2.75) is 19.2 Å². The zero-order valence-corrected chi connectivity index (χ0v) is 12.6. The van der Waals surface area contributed by atoms with Crippen LogP contribution in [0.1, 0.15) is 13.8 Å². The van der Waals surface area contributed by atoms with E-state index in [4.69, 9.17) is 0 Å². The highest BCUT2D eigenvalue weighted by Crippen LogP contribution is 2.19. The number of rotatable bonds is 6. The minimum Gasteiger partial charge on any atom is -0.315 e. The van der Waals surface area contributed by atoms with Crippen molar-refractivity contribution < 1.29 is 8.42 Å². The van der Waals surface area contributed by atoms with Gasteiger partial charge in [0.2, 0.25) is 0 Å². The van der Waals surface area contributed by atoms with E-state index in [9.17, 15) is 8.42 Å². The molecule has 1 heterocycles. The van der Waals surface area contributed by atoms with Crippen LogP contribution in [0.4, 0.5) is 0 Å². The third-order valence-electron chi connectivity index (χ3n) is 2.81. The molecule has 0 bridgehead atoms. The summed E-state index contributed by atoms with van der Waals surface area (Å²) in [5.41, 5.74) is 0. The predicted molar refractivity (Wildman–Crippen MR) is 75.2 cm³/mol. The van der Waals surface area contributed by atoms with Crippen LogP contribution >= 0.6 is 11.8 Å². The van der Waals surface area contributed by atoms with E-state index in [1.54, 1.807) is 11.8 Å². The van der Waals surface area contributed by atoms with E-state index in [1.165, 1.54) is 6.26 Å². The Hall–Kier alpha value is 0.220. The van der Waals surface area contributed by atoms with Gasteiger partial charge in [-0.25, -0.2) is 8.42 Å². The summed E-state index contributed by atoms with van der Waals surface area (Å²) in [7, 11) is -2.95. The zero-order chi connectivity index (χ0) is 12.9. The van der Waals surface area contributed by atoms with E-state index < -0.39 is 9.84 Å². The molecule has 1 N–H and O–H groups in total. The highest BCUT2D eigenvalue weighted by Gasteiger charge is 2.30. The molecule has 1 unspecified atom stereocenters. The topological polar surface area (TPSA) is 49.4 Å². The van der Waals surface area contributed by atoms with E-state index in [0.29, 0.717) is 11.7 Å². The molecule has 0 aromatic rings. The molecular weight excluding hydrogens is 256 g/mol. The normalized spacial score (nSPS) is 23.2. The van der Waals surface area contributed by atoms with Crippen LogP contribution < -0.4 is 5.32 Å². The summed E-state index contributed by atoms with van der Waals surface area (Å²) < 4.78 is 23.3. The molecule has 0 spiro atoms. The maximum Gasteiger partial charge on any atom is 0.164 e. The Bertz CT molecular complexity index is 317. The fraction of sp³-hybridized carbons (Fsp3) is 1.00. The van der Waals surface area contributed by atoms with Gasteiger partial charge in [0.25, 0.3) is 0 Å². The van der Waals surface area contributed by atoms with Gasteiger partial charge in [0.15, 0.2) is 9.84 Å². The third-order valence-corrected chi connectivity index (χ3v) is 5.50. The number of hydrogen-bond acceptors (Lipinski definition) is 5. The van der Waals surface area contributed by atoms with Crippen LogP contribution in [0.2, 0.25) is 0 Å². The monoisotopic (exact) mass is 280 g/mol. The Kier molecular flexibility index (Phi) is 6.26. The van der Waals surface area contributed by atoms with Gasteiger partial charge in [-0.1, -0.05) is 13.8 Å². The standard InChI is InChI=1S/C11H24N2O2S2/c1-10(2)8-12-4-5-13-6-7-16-9-11(13)17(3,14)15/h10-12H,4-9H2,1-3H3. The van der Waals surface area contributed by atoms with Crippen LogP contribution in [0.3, 0.4) is 0 Å². The van der Waals surface area contributed by atoms with Crippen LogP contribution in [0.5, 0.6) is 0 Å². The largest absolute Gasteiger partial charge is 0.315 e. The first-order chi connectivity index (χ1) is 7.91. The minimum absolute atomic E-state index is 0.290. The van der Waals surface area contributed by atoms with Crippen molar-refractivity contribution in [1.29, 1.82) is 0 Å². The first kappa shape index (κ1) is 15.3. The van der Waals surface area contributed by atoms with Gasteiger partial charge >= 0.3 is 0 Å². The number of nitrogens with zero attached hydrogens (tertiary/aromatic N) is 1. The smallest absolute Gasteiger partial charge is 0.164 e. The van der Waals surface area contributed by atoms with Gasteiger partial charge in [0, 0.05) is 37.4 Å². The van der Waals surface area contributed by atoms with Gasteiger partial charge < -0.3 is 5.32 Å². The van der Waals surface area contributed by atoms with Crippen LogP contribution in [-0.4, -0.2) is 62.6 Å². The van der Waals surface area contributed by atoms with Gasteiger partial charge in [-0.3, -0.25) is 4.90 Å². The molecule has 1 aliphatic rings. The molecule has 0 aliphatic carbocycles. The summed E-state index contributed by atoms with van der Waals surface area (Å²) in [5.74, 6) is 2.39. The van der Waals surface area contributed by atoms with E-state index in [-0.39, 0.29) is 5.37 Å². The molecule has 1 fully saturated rings. The molecule has 102 valence electrons. The Morgan fingerprint density at radius 1 is 1.47 bits per heavy atom. The van der Waals surface area contributed by atoms with Crippen LogP contribution in [0.15, 0.2) is 0 Å². The molecule has 0 aromatic heterocycles. The zero-order valence-electron chi connectivity index (χ0n) is 11.0. The molecule has 0 radical (unpaired) electrons. The Morgan fingerprint density at radius 2 is 2.18 bits per heavy atom.